The van der Waals surface area contributed by atoms with E-state index in [-0.39, 0.29) is 5.97 Å². The van der Waals surface area contributed by atoms with Gasteiger partial charge in [-0.25, -0.2) is 0 Å². The van der Waals surface area contributed by atoms with E-state index in [1.807, 2.05) is 6.92 Å². The fraction of sp³-hybridized carbons (Fsp3) is 0.562. The number of rotatable bonds is 5. The van der Waals surface area contributed by atoms with E-state index in [1.54, 1.807) is 0 Å². The van der Waals surface area contributed by atoms with Crippen molar-refractivity contribution in [3.63, 3.8) is 0 Å². The Hall–Kier alpha value is -1.35. The molecule has 0 spiro atoms. The number of esters is 1. The first-order valence-corrected chi connectivity index (χ1v) is 7.19. The lowest BCUT2D eigenvalue weighted by atomic mass is 9.83. The monoisotopic (exact) mass is 261 g/mol. The maximum Gasteiger partial charge on any atom is 0.306 e. The van der Waals surface area contributed by atoms with Crippen LogP contribution in [0.3, 0.4) is 0 Å². The number of nitrogens with two attached hydrogens (primary N) is 1. The van der Waals surface area contributed by atoms with Crippen molar-refractivity contribution in [3.05, 3.63) is 34.9 Å². The second-order valence-electron chi connectivity index (χ2n) is 5.25. The molecule has 0 aliphatic heterocycles. The summed E-state index contributed by atoms with van der Waals surface area (Å²) in [4.78, 5) is 11.4. The fourth-order valence-electron chi connectivity index (χ4n) is 2.72. The minimum Gasteiger partial charge on any atom is -0.466 e. The Labute approximate surface area is 115 Å². The quantitative estimate of drug-likeness (QED) is 0.827. The number of aryl methyl sites for hydroxylation is 2. The third kappa shape index (κ3) is 3.80. The standard InChI is InChI=1S/C16H23NO2/c1-2-19-16(18)8-5-12-3-6-15-10-13(11-17)4-7-14(15)9-12/h3,6,9,13H,2,4-5,7-8,10-11,17H2,1H3. The second kappa shape index (κ2) is 6.71. The van der Waals surface area contributed by atoms with Crippen LogP contribution in [0.5, 0.6) is 0 Å². The van der Waals surface area contributed by atoms with E-state index in [0.29, 0.717) is 18.9 Å². The van der Waals surface area contributed by atoms with Crippen LogP contribution in [-0.2, 0) is 28.8 Å². The number of carbonyl (C=O) groups excluding carboxylic acids is 1. The van der Waals surface area contributed by atoms with E-state index < -0.39 is 0 Å². The molecule has 0 bridgehead atoms. The number of ether oxygens (including phenoxy) is 1. The Morgan fingerprint density at radius 3 is 3.00 bits per heavy atom. The van der Waals surface area contributed by atoms with Crippen molar-refractivity contribution >= 4 is 5.97 Å². The molecule has 0 saturated heterocycles. The molecule has 1 aromatic carbocycles. The molecule has 0 heterocycles. The molecule has 0 saturated carbocycles. The highest BCUT2D eigenvalue weighted by molar-refractivity contribution is 5.69. The van der Waals surface area contributed by atoms with E-state index in [4.69, 9.17) is 10.5 Å². The third-order valence-corrected chi connectivity index (χ3v) is 3.86. The Balaban J connectivity index is 1.96. The van der Waals surface area contributed by atoms with Gasteiger partial charge in [-0.1, -0.05) is 18.2 Å². The fourth-order valence-corrected chi connectivity index (χ4v) is 2.72. The zero-order chi connectivity index (χ0) is 13.7. The number of hydrogen-bond donors (Lipinski definition) is 1. The van der Waals surface area contributed by atoms with Crippen LogP contribution in [-0.4, -0.2) is 19.1 Å². The third-order valence-electron chi connectivity index (χ3n) is 3.86. The van der Waals surface area contributed by atoms with Crippen LogP contribution in [0.15, 0.2) is 18.2 Å². The Bertz CT molecular complexity index is 442. The number of carbonyl (C=O) groups is 1. The van der Waals surface area contributed by atoms with Gasteiger partial charge in [-0.3, -0.25) is 4.79 Å². The molecule has 19 heavy (non-hydrogen) atoms. The molecule has 0 aromatic heterocycles. The van der Waals surface area contributed by atoms with Gasteiger partial charge in [-0.05, 0) is 61.8 Å². The molecule has 1 atom stereocenters. The SMILES string of the molecule is CCOC(=O)CCc1ccc2c(c1)CCC(CN)C2. The van der Waals surface area contributed by atoms with Crippen LogP contribution in [0, 0.1) is 5.92 Å². The van der Waals surface area contributed by atoms with Crippen LogP contribution in [0.2, 0.25) is 0 Å². The van der Waals surface area contributed by atoms with Crippen LogP contribution in [0.1, 0.15) is 36.5 Å². The predicted octanol–water partition coefficient (Wildman–Crippen LogP) is 2.25. The van der Waals surface area contributed by atoms with E-state index in [1.165, 1.54) is 23.1 Å². The molecule has 1 aliphatic carbocycles. The van der Waals surface area contributed by atoms with Crippen molar-refractivity contribution in [2.24, 2.45) is 11.7 Å². The summed E-state index contributed by atoms with van der Waals surface area (Å²) in [7, 11) is 0. The molecule has 1 aromatic rings. The Morgan fingerprint density at radius 2 is 2.26 bits per heavy atom. The normalized spacial score (nSPS) is 17.9. The van der Waals surface area contributed by atoms with Crippen LogP contribution in [0.4, 0.5) is 0 Å². The van der Waals surface area contributed by atoms with Crippen molar-refractivity contribution in [2.75, 3.05) is 13.2 Å². The number of hydrogen-bond acceptors (Lipinski definition) is 3. The molecule has 2 rings (SSSR count). The van der Waals surface area contributed by atoms with E-state index in [0.717, 1.165) is 25.8 Å². The van der Waals surface area contributed by atoms with Gasteiger partial charge in [-0.2, -0.15) is 0 Å². The lowest BCUT2D eigenvalue weighted by Gasteiger charge is -2.23. The molecule has 0 fully saturated rings. The van der Waals surface area contributed by atoms with Crippen LogP contribution in [0.25, 0.3) is 0 Å². The zero-order valence-electron chi connectivity index (χ0n) is 11.7. The summed E-state index contributed by atoms with van der Waals surface area (Å²) < 4.78 is 4.95. The van der Waals surface area contributed by atoms with Crippen molar-refractivity contribution < 1.29 is 9.53 Å². The zero-order valence-corrected chi connectivity index (χ0v) is 11.7. The van der Waals surface area contributed by atoms with E-state index in [2.05, 4.69) is 18.2 Å². The molecular formula is C16H23NO2. The van der Waals surface area contributed by atoms with Gasteiger partial charge >= 0.3 is 5.97 Å². The largest absolute Gasteiger partial charge is 0.466 e. The second-order valence-corrected chi connectivity index (χ2v) is 5.25. The average Bonchev–Trinajstić information content (AvgIpc) is 2.44. The van der Waals surface area contributed by atoms with Crippen molar-refractivity contribution in [3.8, 4) is 0 Å². The van der Waals surface area contributed by atoms with Gasteiger partial charge in [0.15, 0.2) is 0 Å². The van der Waals surface area contributed by atoms with Crippen LogP contribution < -0.4 is 5.73 Å². The summed E-state index contributed by atoms with van der Waals surface area (Å²) in [5.41, 5.74) is 9.85. The van der Waals surface area contributed by atoms with Crippen LogP contribution >= 0.6 is 0 Å². The molecule has 1 unspecified atom stereocenters. The molecule has 3 heteroatoms. The summed E-state index contributed by atoms with van der Waals surface area (Å²) in [6, 6.07) is 6.59. The summed E-state index contributed by atoms with van der Waals surface area (Å²) >= 11 is 0. The highest BCUT2D eigenvalue weighted by atomic mass is 16.5. The summed E-state index contributed by atoms with van der Waals surface area (Å²) in [5.74, 6) is 0.529. The number of fused-ring (bicyclic) bond motifs is 1. The maximum absolute atomic E-state index is 11.4. The van der Waals surface area contributed by atoms with Gasteiger partial charge in [0, 0.05) is 6.42 Å². The van der Waals surface area contributed by atoms with Gasteiger partial charge < -0.3 is 10.5 Å². The van der Waals surface area contributed by atoms with Gasteiger partial charge in [0.1, 0.15) is 0 Å². The van der Waals surface area contributed by atoms with Crippen molar-refractivity contribution in [2.45, 2.75) is 39.0 Å². The smallest absolute Gasteiger partial charge is 0.306 e. The van der Waals surface area contributed by atoms with Gasteiger partial charge in [0.05, 0.1) is 6.61 Å². The van der Waals surface area contributed by atoms with Crippen molar-refractivity contribution in [1.82, 2.24) is 0 Å². The first-order valence-electron chi connectivity index (χ1n) is 7.19. The summed E-state index contributed by atoms with van der Waals surface area (Å²) in [5, 5.41) is 0. The van der Waals surface area contributed by atoms with Gasteiger partial charge in [0.25, 0.3) is 0 Å². The topological polar surface area (TPSA) is 52.3 Å². The van der Waals surface area contributed by atoms with Gasteiger partial charge in [-0.15, -0.1) is 0 Å². The minimum absolute atomic E-state index is 0.108. The molecule has 3 nitrogen and oxygen atoms in total. The van der Waals surface area contributed by atoms with Gasteiger partial charge in [0.2, 0.25) is 0 Å². The highest BCUT2D eigenvalue weighted by Crippen LogP contribution is 2.26. The molecule has 104 valence electrons. The van der Waals surface area contributed by atoms with E-state index >= 15 is 0 Å². The molecule has 0 amide bonds. The lowest BCUT2D eigenvalue weighted by molar-refractivity contribution is -0.143. The first-order chi connectivity index (χ1) is 9.22. The summed E-state index contributed by atoms with van der Waals surface area (Å²) in [6.45, 7) is 3.08. The Morgan fingerprint density at radius 1 is 1.42 bits per heavy atom. The molecule has 0 radical (unpaired) electrons. The molecule has 1 aliphatic rings. The molecule has 2 N–H and O–H groups in total. The first kappa shape index (κ1) is 14.1. The lowest BCUT2D eigenvalue weighted by Crippen LogP contribution is -2.22. The highest BCUT2D eigenvalue weighted by Gasteiger charge is 2.17. The van der Waals surface area contributed by atoms with Crippen molar-refractivity contribution in [1.29, 1.82) is 0 Å². The maximum atomic E-state index is 11.4. The minimum atomic E-state index is -0.108. The predicted molar refractivity (Wildman–Crippen MR) is 76.0 cm³/mol. The molecular weight excluding hydrogens is 238 g/mol. The Kier molecular flexibility index (Phi) is 4.97. The summed E-state index contributed by atoms with van der Waals surface area (Å²) in [6.07, 6.45) is 4.64. The van der Waals surface area contributed by atoms with E-state index in [9.17, 15) is 4.79 Å². The average molecular weight is 261 g/mol. The number of benzene rings is 1.